The Bertz CT molecular complexity index is 631. The number of hydrogen-bond acceptors (Lipinski definition) is 7. The number of nitro groups is 1. The Morgan fingerprint density at radius 1 is 1.48 bits per heavy atom. The van der Waals surface area contributed by atoms with Crippen LogP contribution < -0.4 is 5.32 Å². The summed E-state index contributed by atoms with van der Waals surface area (Å²) in [6, 6.07) is 3.16. The van der Waals surface area contributed by atoms with E-state index in [1.165, 1.54) is 0 Å². The third-order valence-corrected chi connectivity index (χ3v) is 3.47. The van der Waals surface area contributed by atoms with Crippen LogP contribution in [-0.4, -0.2) is 44.3 Å². The topological polar surface area (TPSA) is 130 Å². The van der Waals surface area contributed by atoms with Crippen LogP contribution in [0.4, 0.5) is 16.2 Å². The van der Waals surface area contributed by atoms with E-state index in [0.717, 1.165) is 34.9 Å². The lowest BCUT2D eigenvalue weighted by atomic mass is 10.2. The summed E-state index contributed by atoms with van der Waals surface area (Å²) in [4.78, 5) is 45.0. The maximum Gasteiger partial charge on any atom is 0.289 e. The zero-order valence-electron chi connectivity index (χ0n) is 10.4. The molecule has 2 rings (SSSR count). The van der Waals surface area contributed by atoms with Gasteiger partial charge in [-0.25, -0.2) is 0 Å². The summed E-state index contributed by atoms with van der Waals surface area (Å²) in [7, 11) is 0. The molecule has 1 aliphatic heterocycles. The summed E-state index contributed by atoms with van der Waals surface area (Å²) in [5.74, 6) is -1.64. The predicted octanol–water partition coefficient (Wildman–Crippen LogP) is 0.934. The van der Waals surface area contributed by atoms with Crippen molar-refractivity contribution in [1.29, 1.82) is 0 Å². The molecule has 0 unspecified atom stereocenters. The van der Waals surface area contributed by atoms with E-state index < -0.39 is 34.3 Å². The number of imide groups is 1. The monoisotopic (exact) mass is 311 g/mol. The second kappa shape index (κ2) is 5.79. The normalized spacial score (nSPS) is 14.4. The number of thioether (sulfide) groups is 1. The SMILES string of the molecule is O=C(CN1C(=O)CSC1=O)Nc1ccc([N+](=O)[O-])cc1O. The van der Waals surface area contributed by atoms with Crippen molar-refractivity contribution in [2.45, 2.75) is 0 Å². The molecular formula is C11H9N3O6S. The summed E-state index contributed by atoms with van der Waals surface area (Å²) in [6.45, 7) is -0.471. The Morgan fingerprint density at radius 2 is 2.19 bits per heavy atom. The van der Waals surface area contributed by atoms with Gasteiger partial charge in [-0.15, -0.1) is 0 Å². The minimum atomic E-state index is -0.691. The van der Waals surface area contributed by atoms with Gasteiger partial charge in [-0.2, -0.15) is 0 Å². The summed E-state index contributed by atoms with van der Waals surface area (Å²) in [6.07, 6.45) is 0. The van der Waals surface area contributed by atoms with Crippen molar-refractivity contribution in [2.75, 3.05) is 17.6 Å². The van der Waals surface area contributed by atoms with Crippen molar-refractivity contribution in [3.63, 3.8) is 0 Å². The number of nitrogens with zero attached hydrogens (tertiary/aromatic N) is 2. The maximum atomic E-state index is 11.7. The molecule has 2 N–H and O–H groups in total. The fraction of sp³-hybridized carbons (Fsp3) is 0.182. The average Bonchev–Trinajstić information content (AvgIpc) is 2.72. The van der Waals surface area contributed by atoms with Gasteiger partial charge in [0.05, 0.1) is 22.4 Å². The molecule has 110 valence electrons. The Balaban J connectivity index is 2.04. The molecule has 1 aromatic carbocycles. The molecule has 0 bridgehead atoms. The van der Waals surface area contributed by atoms with E-state index in [9.17, 15) is 29.6 Å². The van der Waals surface area contributed by atoms with Gasteiger partial charge in [0, 0.05) is 6.07 Å². The maximum absolute atomic E-state index is 11.7. The number of amides is 3. The Kier molecular flexibility index (Phi) is 4.08. The molecule has 1 saturated heterocycles. The van der Waals surface area contributed by atoms with Crippen LogP contribution in [0.25, 0.3) is 0 Å². The number of hydrogen-bond donors (Lipinski definition) is 2. The van der Waals surface area contributed by atoms with Gasteiger partial charge in [0.25, 0.3) is 10.9 Å². The minimum absolute atomic E-state index is 0.00506. The quantitative estimate of drug-likeness (QED) is 0.480. The number of carbonyl (C=O) groups excluding carboxylic acids is 3. The van der Waals surface area contributed by atoms with Crippen LogP contribution in [0.3, 0.4) is 0 Å². The number of rotatable bonds is 4. The van der Waals surface area contributed by atoms with Gasteiger partial charge < -0.3 is 10.4 Å². The molecule has 21 heavy (non-hydrogen) atoms. The number of non-ortho nitro benzene ring substituents is 1. The van der Waals surface area contributed by atoms with Crippen LogP contribution in [0.5, 0.6) is 5.75 Å². The lowest BCUT2D eigenvalue weighted by Gasteiger charge is -2.13. The van der Waals surface area contributed by atoms with Crippen LogP contribution in [0, 0.1) is 10.1 Å². The van der Waals surface area contributed by atoms with Crippen LogP contribution in [0.15, 0.2) is 18.2 Å². The molecule has 0 radical (unpaired) electrons. The second-order valence-electron chi connectivity index (χ2n) is 4.04. The molecule has 0 spiro atoms. The van der Waals surface area contributed by atoms with Gasteiger partial charge in [-0.05, 0) is 6.07 Å². The van der Waals surface area contributed by atoms with Gasteiger partial charge in [-0.1, -0.05) is 11.8 Å². The fourth-order valence-corrected chi connectivity index (χ4v) is 2.33. The smallest absolute Gasteiger partial charge is 0.289 e. The highest BCUT2D eigenvalue weighted by Gasteiger charge is 2.31. The Morgan fingerprint density at radius 3 is 2.71 bits per heavy atom. The molecular weight excluding hydrogens is 302 g/mol. The lowest BCUT2D eigenvalue weighted by Crippen LogP contribution is -2.36. The zero-order valence-corrected chi connectivity index (χ0v) is 11.3. The van der Waals surface area contributed by atoms with E-state index >= 15 is 0 Å². The number of phenols is 1. The summed E-state index contributed by atoms with van der Waals surface area (Å²) >= 11 is 0.803. The van der Waals surface area contributed by atoms with Crippen molar-refractivity contribution in [3.8, 4) is 5.75 Å². The van der Waals surface area contributed by atoms with E-state index in [1.807, 2.05) is 0 Å². The average molecular weight is 311 g/mol. The summed E-state index contributed by atoms with van der Waals surface area (Å²) < 4.78 is 0. The van der Waals surface area contributed by atoms with Crippen molar-refractivity contribution >= 4 is 40.2 Å². The third-order valence-electron chi connectivity index (χ3n) is 2.61. The molecule has 1 heterocycles. The van der Waals surface area contributed by atoms with Crippen LogP contribution in [0.2, 0.25) is 0 Å². The molecule has 9 nitrogen and oxygen atoms in total. The molecule has 0 aromatic heterocycles. The number of nitrogens with one attached hydrogen (secondary N) is 1. The van der Waals surface area contributed by atoms with Gasteiger partial charge >= 0.3 is 0 Å². The van der Waals surface area contributed by atoms with E-state index in [-0.39, 0.29) is 17.1 Å². The van der Waals surface area contributed by atoms with Crippen molar-refractivity contribution in [3.05, 3.63) is 28.3 Å². The first kappa shape index (κ1) is 14.8. The number of nitro benzene ring substituents is 1. The lowest BCUT2D eigenvalue weighted by molar-refractivity contribution is -0.384. The Hall–Kier alpha value is -2.62. The first-order valence-electron chi connectivity index (χ1n) is 5.63. The number of benzene rings is 1. The summed E-state index contributed by atoms with van der Waals surface area (Å²) in [5.41, 5.74) is -0.371. The van der Waals surface area contributed by atoms with E-state index in [4.69, 9.17) is 0 Å². The molecule has 1 aromatic rings. The van der Waals surface area contributed by atoms with Gasteiger partial charge in [0.1, 0.15) is 12.3 Å². The fourth-order valence-electron chi connectivity index (χ4n) is 1.61. The van der Waals surface area contributed by atoms with Crippen LogP contribution in [0.1, 0.15) is 0 Å². The number of phenolic OH excluding ortho intramolecular Hbond substituents is 1. The second-order valence-corrected chi connectivity index (χ2v) is 4.97. The zero-order chi connectivity index (χ0) is 15.6. The predicted molar refractivity (Wildman–Crippen MR) is 73.0 cm³/mol. The number of aromatic hydroxyl groups is 1. The Labute approximate surface area is 122 Å². The number of anilines is 1. The number of carbonyl (C=O) groups is 3. The molecule has 0 saturated carbocycles. The van der Waals surface area contributed by atoms with Gasteiger partial charge in [0.15, 0.2) is 0 Å². The standard InChI is InChI=1S/C11H9N3O6S/c15-8-3-6(14(19)20)1-2-7(8)12-9(16)4-13-10(17)5-21-11(13)18/h1-3,15H,4-5H2,(H,12,16). The third kappa shape index (κ3) is 3.28. The molecule has 0 atom stereocenters. The van der Waals surface area contributed by atoms with Crippen LogP contribution >= 0.6 is 11.8 Å². The van der Waals surface area contributed by atoms with Crippen molar-refractivity contribution in [1.82, 2.24) is 4.90 Å². The van der Waals surface area contributed by atoms with E-state index in [2.05, 4.69) is 5.32 Å². The van der Waals surface area contributed by atoms with Crippen LogP contribution in [-0.2, 0) is 9.59 Å². The largest absolute Gasteiger partial charge is 0.506 e. The summed E-state index contributed by atoms with van der Waals surface area (Å²) in [5, 5.41) is 21.9. The van der Waals surface area contributed by atoms with E-state index in [0.29, 0.717) is 0 Å². The van der Waals surface area contributed by atoms with Gasteiger partial charge in [-0.3, -0.25) is 29.4 Å². The van der Waals surface area contributed by atoms with E-state index in [1.54, 1.807) is 0 Å². The molecule has 0 aliphatic carbocycles. The highest BCUT2D eigenvalue weighted by Crippen LogP contribution is 2.28. The van der Waals surface area contributed by atoms with Gasteiger partial charge in [0.2, 0.25) is 11.8 Å². The first-order valence-corrected chi connectivity index (χ1v) is 6.61. The highest BCUT2D eigenvalue weighted by atomic mass is 32.2. The van der Waals surface area contributed by atoms with Crippen molar-refractivity contribution < 1.29 is 24.4 Å². The highest BCUT2D eigenvalue weighted by molar-refractivity contribution is 8.14. The van der Waals surface area contributed by atoms with Crippen molar-refractivity contribution in [2.24, 2.45) is 0 Å². The minimum Gasteiger partial charge on any atom is -0.506 e. The molecule has 3 amide bonds. The molecule has 1 aliphatic rings. The first-order chi connectivity index (χ1) is 9.88. The molecule has 10 heteroatoms. The molecule has 1 fully saturated rings.